The predicted molar refractivity (Wildman–Crippen MR) is 180 cm³/mol. The maximum atomic E-state index is 6.34. The van der Waals surface area contributed by atoms with Crippen LogP contribution in [0.25, 0.3) is 79.0 Å². The van der Waals surface area contributed by atoms with E-state index in [1.807, 2.05) is 91.0 Å². The van der Waals surface area contributed by atoms with Crippen molar-refractivity contribution >= 4 is 11.1 Å². The third-order valence-corrected chi connectivity index (χ3v) is 7.77. The van der Waals surface area contributed by atoms with Crippen LogP contribution in [0.15, 0.2) is 162 Å². The predicted octanol–water partition coefficient (Wildman–Crippen LogP) is 10.0. The van der Waals surface area contributed by atoms with Crippen molar-refractivity contribution in [1.29, 1.82) is 0 Å². The van der Waals surface area contributed by atoms with Crippen LogP contribution in [0.3, 0.4) is 0 Å². The zero-order valence-electron chi connectivity index (χ0n) is 24.2. The number of nitrogens with zero attached hydrogens (tertiary/aromatic N) is 4. The average Bonchev–Trinajstić information content (AvgIpc) is 3.58. The Morgan fingerprint density at radius 1 is 0.333 bits per heavy atom. The molecule has 8 rings (SSSR count). The average molecular weight is 579 g/mol. The van der Waals surface area contributed by atoms with Gasteiger partial charge in [-0.3, -0.25) is 0 Å². The molecule has 6 aromatic carbocycles. The summed E-state index contributed by atoms with van der Waals surface area (Å²) >= 11 is 0. The summed E-state index contributed by atoms with van der Waals surface area (Å²) in [4.78, 5) is 19.7. The molecule has 0 radical (unpaired) electrons. The van der Waals surface area contributed by atoms with E-state index in [9.17, 15) is 0 Å². The minimum absolute atomic E-state index is 0.525. The number of rotatable bonds is 6. The standard InChI is InChI=1S/C40H26N4O/c1-4-13-27(14-5-1)30-19-10-20-31(25-30)32-21-11-22-33(26-32)38-42-37(28-15-6-2-7-16-28)43-39(44-38)34-23-12-24-35-36(34)45-40(41-35)29-17-8-3-9-18-29/h1-26H. The molecule has 0 N–H and O–H groups in total. The number of fused-ring (bicyclic) bond motifs is 1. The Labute approximate surface area is 260 Å². The molecular formula is C40H26N4O. The molecule has 5 heteroatoms. The molecule has 5 nitrogen and oxygen atoms in total. The first-order valence-corrected chi connectivity index (χ1v) is 14.8. The van der Waals surface area contributed by atoms with Gasteiger partial charge in [0, 0.05) is 16.7 Å². The summed E-state index contributed by atoms with van der Waals surface area (Å²) in [6.45, 7) is 0. The fourth-order valence-corrected chi connectivity index (χ4v) is 5.52. The number of hydrogen-bond acceptors (Lipinski definition) is 5. The quantitative estimate of drug-likeness (QED) is 0.196. The number of para-hydroxylation sites is 1. The van der Waals surface area contributed by atoms with Gasteiger partial charge in [0.2, 0.25) is 5.89 Å². The molecule has 0 saturated carbocycles. The van der Waals surface area contributed by atoms with Gasteiger partial charge in [-0.1, -0.05) is 121 Å². The Kier molecular flexibility index (Phi) is 6.74. The fraction of sp³-hybridized carbons (Fsp3) is 0. The Morgan fingerprint density at radius 2 is 0.800 bits per heavy atom. The highest BCUT2D eigenvalue weighted by Gasteiger charge is 2.18. The van der Waals surface area contributed by atoms with Crippen LogP contribution in [0, 0.1) is 0 Å². The summed E-state index contributed by atoms with van der Waals surface area (Å²) in [5.41, 5.74) is 9.41. The highest BCUT2D eigenvalue weighted by Crippen LogP contribution is 2.34. The Morgan fingerprint density at radius 3 is 1.47 bits per heavy atom. The van der Waals surface area contributed by atoms with Gasteiger partial charge in [-0.15, -0.1) is 0 Å². The molecule has 2 heterocycles. The van der Waals surface area contributed by atoms with Gasteiger partial charge >= 0.3 is 0 Å². The third-order valence-electron chi connectivity index (χ3n) is 7.77. The van der Waals surface area contributed by atoms with Crippen LogP contribution in [0.1, 0.15) is 0 Å². The minimum atomic E-state index is 0.525. The maximum Gasteiger partial charge on any atom is 0.227 e. The number of oxazole rings is 1. The van der Waals surface area contributed by atoms with Gasteiger partial charge < -0.3 is 4.42 Å². The molecule has 2 aromatic heterocycles. The molecule has 0 unspecified atom stereocenters. The molecule has 8 aromatic rings. The lowest BCUT2D eigenvalue weighted by Crippen LogP contribution is -2.00. The van der Waals surface area contributed by atoms with E-state index in [0.29, 0.717) is 28.9 Å². The first-order valence-electron chi connectivity index (χ1n) is 14.8. The van der Waals surface area contributed by atoms with Gasteiger partial charge in [-0.25, -0.2) is 19.9 Å². The topological polar surface area (TPSA) is 64.7 Å². The van der Waals surface area contributed by atoms with Crippen LogP contribution in [-0.2, 0) is 0 Å². The van der Waals surface area contributed by atoms with Gasteiger partial charge in [0.15, 0.2) is 23.1 Å². The highest BCUT2D eigenvalue weighted by atomic mass is 16.3. The molecular weight excluding hydrogens is 552 g/mol. The zero-order chi connectivity index (χ0) is 30.0. The zero-order valence-corrected chi connectivity index (χ0v) is 24.2. The lowest BCUT2D eigenvalue weighted by Gasteiger charge is -2.10. The first kappa shape index (κ1) is 26.4. The van der Waals surface area contributed by atoms with Crippen molar-refractivity contribution in [2.45, 2.75) is 0 Å². The molecule has 0 aliphatic heterocycles. The van der Waals surface area contributed by atoms with Crippen molar-refractivity contribution in [3.8, 4) is 67.9 Å². The summed E-state index contributed by atoms with van der Waals surface area (Å²) in [6, 6.07) is 53.1. The number of aromatic nitrogens is 4. The summed E-state index contributed by atoms with van der Waals surface area (Å²) in [7, 11) is 0. The van der Waals surface area contributed by atoms with E-state index in [1.165, 1.54) is 11.1 Å². The van der Waals surface area contributed by atoms with Gasteiger partial charge in [-0.05, 0) is 58.7 Å². The first-order chi connectivity index (χ1) is 22.3. The maximum absolute atomic E-state index is 6.34. The molecule has 45 heavy (non-hydrogen) atoms. The Bertz CT molecular complexity index is 2260. The van der Waals surface area contributed by atoms with E-state index in [0.717, 1.165) is 38.9 Å². The summed E-state index contributed by atoms with van der Waals surface area (Å²) in [5.74, 6) is 2.25. The lowest BCUT2D eigenvalue weighted by atomic mass is 9.98. The van der Waals surface area contributed by atoms with Crippen LogP contribution in [-0.4, -0.2) is 19.9 Å². The molecule has 0 amide bonds. The monoisotopic (exact) mass is 578 g/mol. The van der Waals surface area contributed by atoms with E-state index < -0.39 is 0 Å². The van der Waals surface area contributed by atoms with Gasteiger partial charge in [0.05, 0.1) is 5.56 Å². The van der Waals surface area contributed by atoms with Crippen LogP contribution in [0.5, 0.6) is 0 Å². The SMILES string of the molecule is c1ccc(-c2cccc(-c3cccc(-c4nc(-c5ccccc5)nc(-c5cccc6nc(-c7ccccc7)oc56)n4)c3)c2)cc1. The van der Waals surface area contributed by atoms with E-state index >= 15 is 0 Å². The minimum Gasteiger partial charge on any atom is -0.435 e. The van der Waals surface area contributed by atoms with Crippen LogP contribution in [0.4, 0.5) is 0 Å². The van der Waals surface area contributed by atoms with E-state index in [2.05, 4.69) is 66.7 Å². The third kappa shape index (κ3) is 5.28. The lowest BCUT2D eigenvalue weighted by molar-refractivity contribution is 0.620. The second-order valence-corrected chi connectivity index (χ2v) is 10.7. The Hall–Kier alpha value is -6.20. The van der Waals surface area contributed by atoms with Gasteiger partial charge in [0.25, 0.3) is 0 Å². The largest absolute Gasteiger partial charge is 0.435 e. The molecule has 0 spiro atoms. The van der Waals surface area contributed by atoms with Crippen molar-refractivity contribution in [1.82, 2.24) is 19.9 Å². The molecule has 0 saturated heterocycles. The fourth-order valence-electron chi connectivity index (χ4n) is 5.52. The number of hydrogen-bond donors (Lipinski definition) is 0. The van der Waals surface area contributed by atoms with Crippen molar-refractivity contribution in [3.63, 3.8) is 0 Å². The molecule has 0 bridgehead atoms. The smallest absolute Gasteiger partial charge is 0.227 e. The van der Waals surface area contributed by atoms with Crippen LogP contribution < -0.4 is 0 Å². The summed E-state index contributed by atoms with van der Waals surface area (Å²) < 4.78 is 6.34. The molecule has 212 valence electrons. The van der Waals surface area contributed by atoms with E-state index in [4.69, 9.17) is 24.4 Å². The summed E-state index contributed by atoms with van der Waals surface area (Å²) in [6.07, 6.45) is 0. The highest BCUT2D eigenvalue weighted by molar-refractivity contribution is 5.90. The Balaban J connectivity index is 1.26. The molecule has 0 aliphatic rings. The van der Waals surface area contributed by atoms with Crippen molar-refractivity contribution < 1.29 is 4.42 Å². The van der Waals surface area contributed by atoms with Gasteiger partial charge in [0.1, 0.15) is 5.52 Å². The summed E-state index contributed by atoms with van der Waals surface area (Å²) in [5, 5.41) is 0. The molecule has 0 fully saturated rings. The van der Waals surface area contributed by atoms with Crippen molar-refractivity contribution in [2.24, 2.45) is 0 Å². The normalized spacial score (nSPS) is 11.1. The number of benzene rings is 6. The van der Waals surface area contributed by atoms with Crippen molar-refractivity contribution in [3.05, 3.63) is 158 Å². The van der Waals surface area contributed by atoms with Crippen molar-refractivity contribution in [2.75, 3.05) is 0 Å². The molecule has 0 atom stereocenters. The van der Waals surface area contributed by atoms with Crippen LogP contribution >= 0.6 is 0 Å². The van der Waals surface area contributed by atoms with E-state index in [-0.39, 0.29) is 0 Å². The van der Waals surface area contributed by atoms with Crippen LogP contribution in [0.2, 0.25) is 0 Å². The van der Waals surface area contributed by atoms with Gasteiger partial charge in [-0.2, -0.15) is 0 Å². The second kappa shape index (κ2) is 11.5. The molecule has 0 aliphatic carbocycles. The van der Waals surface area contributed by atoms with E-state index in [1.54, 1.807) is 0 Å². The second-order valence-electron chi connectivity index (χ2n) is 10.7.